The van der Waals surface area contributed by atoms with E-state index in [4.69, 9.17) is 10.00 Å². The summed E-state index contributed by atoms with van der Waals surface area (Å²) in [6.45, 7) is 1.65. The number of benzene rings is 2. The Labute approximate surface area is 133 Å². The molecule has 2 aromatic rings. The molecule has 0 atom stereocenters. The van der Waals surface area contributed by atoms with Crippen molar-refractivity contribution in [1.29, 1.82) is 5.26 Å². The number of hydrogen-bond acceptors (Lipinski definition) is 3. The topological polar surface area (TPSA) is 36.3 Å². The summed E-state index contributed by atoms with van der Waals surface area (Å²) in [6.07, 6.45) is 0. The predicted octanol–water partition coefficient (Wildman–Crippen LogP) is 3.96. The lowest BCUT2D eigenvalue weighted by atomic mass is 10.1. The van der Waals surface area contributed by atoms with Gasteiger partial charge >= 0.3 is 0 Å². The van der Waals surface area contributed by atoms with Crippen LogP contribution in [-0.2, 0) is 13.1 Å². The van der Waals surface area contributed by atoms with Crippen molar-refractivity contribution in [3.05, 3.63) is 63.6 Å². The van der Waals surface area contributed by atoms with Crippen molar-refractivity contribution in [2.45, 2.75) is 13.1 Å². The van der Waals surface area contributed by atoms with Crippen LogP contribution in [0.25, 0.3) is 0 Å². The van der Waals surface area contributed by atoms with Crippen molar-refractivity contribution in [1.82, 2.24) is 4.90 Å². The Kier molecular flexibility index (Phi) is 5.38. The minimum atomic E-state index is 0.576. The number of nitrogens with zero attached hydrogens (tertiary/aromatic N) is 2. The summed E-state index contributed by atoms with van der Waals surface area (Å²) in [6, 6.07) is 16.2. The molecule has 21 heavy (non-hydrogen) atoms. The monoisotopic (exact) mass is 344 g/mol. The highest BCUT2D eigenvalue weighted by Gasteiger charge is 2.06. The zero-order valence-corrected chi connectivity index (χ0v) is 13.7. The van der Waals surface area contributed by atoms with E-state index in [1.165, 1.54) is 5.56 Å². The molecule has 0 aliphatic carbocycles. The van der Waals surface area contributed by atoms with Crippen molar-refractivity contribution in [3.63, 3.8) is 0 Å². The van der Waals surface area contributed by atoms with Crippen LogP contribution in [-0.4, -0.2) is 19.1 Å². The zero-order chi connectivity index (χ0) is 15.2. The molecule has 0 amide bonds. The smallest absolute Gasteiger partial charge is 0.136 e. The van der Waals surface area contributed by atoms with E-state index in [-0.39, 0.29) is 0 Å². The molecular weight excluding hydrogens is 328 g/mol. The molecule has 2 rings (SSSR count). The van der Waals surface area contributed by atoms with Crippen molar-refractivity contribution in [2.75, 3.05) is 14.2 Å². The van der Waals surface area contributed by atoms with E-state index in [0.29, 0.717) is 11.3 Å². The summed E-state index contributed by atoms with van der Waals surface area (Å²) in [7, 11) is 3.65. The van der Waals surface area contributed by atoms with Crippen LogP contribution in [0.3, 0.4) is 0 Å². The van der Waals surface area contributed by atoms with Crippen LogP contribution in [0.1, 0.15) is 16.7 Å². The molecule has 0 spiro atoms. The third kappa shape index (κ3) is 4.32. The second-order valence-corrected chi connectivity index (χ2v) is 5.86. The first-order chi connectivity index (χ1) is 10.1. The Morgan fingerprint density at radius 2 is 1.71 bits per heavy atom. The van der Waals surface area contributed by atoms with Crippen LogP contribution >= 0.6 is 15.9 Å². The molecule has 0 aromatic heterocycles. The fourth-order valence-corrected chi connectivity index (χ4v) is 2.47. The number of halogens is 1. The van der Waals surface area contributed by atoms with Crippen LogP contribution in [0.5, 0.6) is 5.75 Å². The van der Waals surface area contributed by atoms with Crippen molar-refractivity contribution in [2.24, 2.45) is 0 Å². The first-order valence-electron chi connectivity index (χ1n) is 6.62. The maximum absolute atomic E-state index is 9.12. The van der Waals surface area contributed by atoms with Crippen LogP contribution in [0.2, 0.25) is 0 Å². The maximum atomic E-state index is 9.12. The van der Waals surface area contributed by atoms with Gasteiger partial charge in [-0.3, -0.25) is 4.90 Å². The number of hydrogen-bond donors (Lipinski definition) is 0. The summed E-state index contributed by atoms with van der Waals surface area (Å²) >= 11 is 3.44. The molecule has 0 saturated heterocycles. The van der Waals surface area contributed by atoms with Crippen LogP contribution in [0.15, 0.2) is 46.9 Å². The second kappa shape index (κ2) is 7.26. The third-order valence-corrected chi connectivity index (χ3v) is 3.73. The van der Waals surface area contributed by atoms with Gasteiger partial charge in [-0.05, 0) is 42.4 Å². The van der Waals surface area contributed by atoms with Crippen molar-refractivity contribution >= 4 is 15.9 Å². The van der Waals surface area contributed by atoms with Gasteiger partial charge in [0.1, 0.15) is 11.8 Å². The van der Waals surface area contributed by atoms with Gasteiger partial charge in [-0.2, -0.15) is 5.26 Å². The minimum Gasteiger partial charge on any atom is -0.495 e. The van der Waals surface area contributed by atoms with Gasteiger partial charge in [-0.25, -0.2) is 0 Å². The predicted molar refractivity (Wildman–Crippen MR) is 87.0 cm³/mol. The maximum Gasteiger partial charge on any atom is 0.136 e. The fourth-order valence-electron chi connectivity index (χ4n) is 2.21. The lowest BCUT2D eigenvalue weighted by Crippen LogP contribution is -2.17. The molecule has 0 radical (unpaired) electrons. The molecule has 0 unspecified atom stereocenters. The van der Waals surface area contributed by atoms with E-state index in [1.54, 1.807) is 7.11 Å². The molecule has 4 heteroatoms. The van der Waals surface area contributed by atoms with Crippen LogP contribution in [0, 0.1) is 11.3 Å². The summed E-state index contributed by atoms with van der Waals surface area (Å²) in [5.41, 5.74) is 2.94. The molecule has 0 bridgehead atoms. The highest BCUT2D eigenvalue weighted by atomic mass is 79.9. The largest absolute Gasteiger partial charge is 0.495 e. The van der Waals surface area contributed by atoms with E-state index in [2.05, 4.69) is 46.1 Å². The van der Waals surface area contributed by atoms with E-state index in [1.807, 2.05) is 30.3 Å². The van der Waals surface area contributed by atoms with Gasteiger partial charge in [0.05, 0.1) is 12.7 Å². The van der Waals surface area contributed by atoms with Crippen LogP contribution in [0.4, 0.5) is 0 Å². The van der Waals surface area contributed by atoms with E-state index >= 15 is 0 Å². The molecular formula is C17H17BrN2O. The molecule has 0 N–H and O–H groups in total. The Bertz CT molecular complexity index is 647. The number of methoxy groups -OCH3 is 1. The molecule has 108 valence electrons. The molecule has 0 aliphatic heterocycles. The van der Waals surface area contributed by atoms with E-state index in [9.17, 15) is 0 Å². The third-order valence-electron chi connectivity index (χ3n) is 3.20. The molecule has 0 heterocycles. The number of ether oxygens (including phenoxy) is 1. The summed E-state index contributed by atoms with van der Waals surface area (Å²) in [4.78, 5) is 2.21. The van der Waals surface area contributed by atoms with Gasteiger partial charge < -0.3 is 4.74 Å². The van der Waals surface area contributed by atoms with Crippen molar-refractivity contribution < 1.29 is 4.74 Å². The fraction of sp³-hybridized carbons (Fsp3) is 0.235. The summed E-state index contributed by atoms with van der Waals surface area (Å²) in [5.74, 6) is 0.622. The molecule has 2 aromatic carbocycles. The van der Waals surface area contributed by atoms with Gasteiger partial charge in [0.25, 0.3) is 0 Å². The first-order valence-corrected chi connectivity index (χ1v) is 7.41. The Morgan fingerprint density at radius 1 is 1.10 bits per heavy atom. The van der Waals surface area contributed by atoms with Gasteiger partial charge in [0.2, 0.25) is 0 Å². The molecule has 0 saturated carbocycles. The average molecular weight is 345 g/mol. The van der Waals surface area contributed by atoms with Gasteiger partial charge in [0, 0.05) is 17.6 Å². The quantitative estimate of drug-likeness (QED) is 0.823. The number of rotatable bonds is 5. The first kappa shape index (κ1) is 15.6. The SMILES string of the molecule is COc1ccc(CN(C)Cc2ccc(Br)cc2)cc1C#N. The minimum absolute atomic E-state index is 0.576. The second-order valence-electron chi connectivity index (χ2n) is 4.95. The van der Waals surface area contributed by atoms with Crippen molar-refractivity contribution in [3.8, 4) is 11.8 Å². The normalized spacial score (nSPS) is 10.4. The molecule has 0 fully saturated rings. The lowest BCUT2D eigenvalue weighted by molar-refractivity contribution is 0.319. The Morgan fingerprint density at radius 3 is 2.33 bits per heavy atom. The highest BCUT2D eigenvalue weighted by molar-refractivity contribution is 9.10. The standard InChI is InChI=1S/C17H17BrN2O/c1-20(11-13-3-6-16(18)7-4-13)12-14-5-8-17(21-2)15(9-14)10-19/h3-9H,11-12H2,1-2H3. The van der Waals surface area contributed by atoms with Gasteiger partial charge in [-0.1, -0.05) is 34.1 Å². The lowest BCUT2D eigenvalue weighted by Gasteiger charge is -2.17. The summed E-state index contributed by atoms with van der Waals surface area (Å²) in [5, 5.41) is 9.12. The average Bonchev–Trinajstić information content (AvgIpc) is 2.49. The molecule has 0 aliphatic rings. The van der Waals surface area contributed by atoms with Crippen LogP contribution < -0.4 is 4.74 Å². The van der Waals surface area contributed by atoms with E-state index < -0.39 is 0 Å². The Balaban J connectivity index is 2.04. The Hall–Kier alpha value is -1.83. The van der Waals surface area contributed by atoms with Gasteiger partial charge in [0.15, 0.2) is 0 Å². The number of nitriles is 1. The van der Waals surface area contributed by atoms with E-state index in [0.717, 1.165) is 23.1 Å². The summed E-state index contributed by atoms with van der Waals surface area (Å²) < 4.78 is 6.25. The van der Waals surface area contributed by atoms with Gasteiger partial charge in [-0.15, -0.1) is 0 Å². The zero-order valence-electron chi connectivity index (χ0n) is 12.1. The highest BCUT2D eigenvalue weighted by Crippen LogP contribution is 2.20. The molecule has 3 nitrogen and oxygen atoms in total.